The van der Waals surface area contributed by atoms with Gasteiger partial charge in [0.25, 0.3) is 0 Å². The van der Waals surface area contributed by atoms with Crippen LogP contribution < -0.4 is 9.47 Å². The van der Waals surface area contributed by atoms with Crippen molar-refractivity contribution in [3.8, 4) is 22.6 Å². The number of benzene rings is 3. The second-order valence-corrected chi connectivity index (χ2v) is 8.95. The van der Waals surface area contributed by atoms with Crippen molar-refractivity contribution in [1.82, 2.24) is 4.90 Å². The molecule has 162 valence electrons. The number of amides is 1. The summed E-state index contributed by atoms with van der Waals surface area (Å²) in [7, 11) is 3.18. The first-order valence-corrected chi connectivity index (χ1v) is 11.5. The number of halogens is 1. The molecule has 2 heterocycles. The summed E-state index contributed by atoms with van der Waals surface area (Å²) >= 11 is 1.29. The van der Waals surface area contributed by atoms with E-state index in [0.29, 0.717) is 27.9 Å². The van der Waals surface area contributed by atoms with Crippen LogP contribution in [-0.2, 0) is 16.8 Å². The number of methoxy groups -OCH3 is 1. The summed E-state index contributed by atoms with van der Waals surface area (Å²) in [6.45, 7) is 0.635. The van der Waals surface area contributed by atoms with E-state index >= 15 is 0 Å². The summed E-state index contributed by atoms with van der Waals surface area (Å²) in [5, 5.41) is 0. The van der Waals surface area contributed by atoms with Crippen molar-refractivity contribution >= 4 is 27.4 Å². The van der Waals surface area contributed by atoms with Crippen molar-refractivity contribution in [3.63, 3.8) is 0 Å². The molecule has 0 radical (unpaired) electrons. The van der Waals surface area contributed by atoms with Crippen LogP contribution in [0.25, 0.3) is 11.1 Å². The number of fused-ring (bicyclic) bond motifs is 1. The molecule has 3 aromatic rings. The Morgan fingerprint density at radius 2 is 1.91 bits per heavy atom. The van der Waals surface area contributed by atoms with Crippen LogP contribution in [0.15, 0.2) is 65.7 Å². The third-order valence-electron chi connectivity index (χ3n) is 6.12. The van der Waals surface area contributed by atoms with Gasteiger partial charge in [-0.15, -0.1) is 0 Å². The number of ether oxygens (including phenoxy) is 2. The van der Waals surface area contributed by atoms with Crippen molar-refractivity contribution in [2.45, 2.75) is 12.0 Å². The third kappa shape index (κ3) is 3.05. The molecule has 7 heteroatoms. The zero-order chi connectivity index (χ0) is 22.5. The average Bonchev–Trinajstić information content (AvgIpc) is 3.37. The maximum atomic E-state index is 15.0. The molecule has 3 aromatic carbocycles. The second-order valence-electron chi connectivity index (χ2n) is 7.87. The predicted molar refractivity (Wildman–Crippen MR) is 124 cm³/mol. The van der Waals surface area contributed by atoms with Crippen molar-refractivity contribution in [3.05, 3.63) is 83.2 Å². The number of amidine groups is 1. The molecule has 2 aliphatic heterocycles. The van der Waals surface area contributed by atoms with Crippen molar-refractivity contribution in [2.75, 3.05) is 20.8 Å². The number of likely N-dealkylation sites (N-methyl/N-ethyl adjacent to an activating group) is 1. The molecule has 5 nitrogen and oxygen atoms in total. The molecule has 0 bridgehead atoms. The fraction of sp³-hybridized carbons (Fsp3) is 0.200. The molecule has 0 aromatic heterocycles. The summed E-state index contributed by atoms with van der Waals surface area (Å²) in [4.78, 5) is 20.2. The minimum absolute atomic E-state index is 0.126. The first kappa shape index (κ1) is 20.8. The molecule has 0 fully saturated rings. The van der Waals surface area contributed by atoms with Crippen molar-refractivity contribution in [1.29, 1.82) is 0 Å². The van der Waals surface area contributed by atoms with Crippen LogP contribution in [0.2, 0.25) is 0 Å². The van der Waals surface area contributed by atoms with Crippen molar-refractivity contribution < 1.29 is 18.7 Å². The van der Waals surface area contributed by atoms with E-state index in [2.05, 4.69) is 0 Å². The molecule has 0 aliphatic carbocycles. The Balaban J connectivity index is 1.71. The van der Waals surface area contributed by atoms with Gasteiger partial charge in [0.15, 0.2) is 0 Å². The van der Waals surface area contributed by atoms with Gasteiger partial charge in [-0.1, -0.05) is 0 Å². The normalized spacial score (nSPS) is 19.6. The molecule has 1 amide bonds. The number of aliphatic imine (C=N–C) groups is 1. The molecule has 2 atom stereocenters. The van der Waals surface area contributed by atoms with Gasteiger partial charge in [-0.3, -0.25) is 0 Å². The Morgan fingerprint density at radius 1 is 1.12 bits per heavy atom. The summed E-state index contributed by atoms with van der Waals surface area (Å²) in [5.74, 6) is 0.460. The van der Waals surface area contributed by atoms with E-state index in [-0.39, 0.29) is 11.7 Å². The summed E-state index contributed by atoms with van der Waals surface area (Å²) in [6, 6.07) is 18.3. The topological polar surface area (TPSA) is 51.1 Å². The molecule has 2 aliphatic rings. The zero-order valence-corrected chi connectivity index (χ0v) is 20.2. The Bertz CT molecular complexity index is 1280. The number of carbonyl (C=O) groups is 1. The molecule has 5 rings (SSSR count). The number of hydrogen-bond donors (Lipinski definition) is 0. The number of nitrogens with zero attached hydrogens (tertiary/aromatic N) is 2. The second kappa shape index (κ2) is 7.79. The third-order valence-corrected chi connectivity index (χ3v) is 7.21. The summed E-state index contributed by atoms with van der Waals surface area (Å²) in [5.41, 5.74) is 2.40. The van der Waals surface area contributed by atoms with E-state index < -0.39 is 11.4 Å². The van der Waals surface area contributed by atoms with E-state index in [1.807, 2.05) is 42.5 Å². The molecule has 0 saturated heterocycles. The predicted octanol–water partition coefficient (Wildman–Crippen LogP) is 3.14. The van der Waals surface area contributed by atoms with Crippen LogP contribution in [0.5, 0.6) is 11.5 Å². The summed E-state index contributed by atoms with van der Waals surface area (Å²) < 4.78 is 26.5. The molecule has 2 unspecified atom stereocenters. The maximum absolute atomic E-state index is 15.0. The molecule has 32 heavy (non-hydrogen) atoms. The van der Waals surface area contributed by atoms with Gasteiger partial charge in [-0.2, -0.15) is 0 Å². The quantitative estimate of drug-likeness (QED) is 0.526. The van der Waals surface area contributed by atoms with E-state index in [4.69, 9.17) is 14.5 Å². The standard InChI is InChI=1S/C25H22AsFN2O3/c1-29-23(30)25(28-24(29)26,18-9-10-20-16(14-18)11-12-32-20)17-6-3-5-15(13-17)19-7-4-8-21(31-2)22(19)27/h3-10,13-14H,11-12,26H2,1-2H3. The van der Waals surface area contributed by atoms with Gasteiger partial charge in [-0.05, 0) is 0 Å². The zero-order valence-electron chi connectivity index (χ0n) is 17.8. The SMILES string of the molecule is COc1cccc(-c2cccc(C3(c4ccc5c(c4)CCO5)N=C([AsH2])N(C)C3=O)c2)c1F. The van der Waals surface area contributed by atoms with Gasteiger partial charge < -0.3 is 0 Å². The number of rotatable bonds is 4. The van der Waals surface area contributed by atoms with Crippen LogP contribution in [0.3, 0.4) is 0 Å². The molecular weight excluding hydrogens is 470 g/mol. The Kier molecular flexibility index (Phi) is 5.05. The van der Waals surface area contributed by atoms with Gasteiger partial charge in [0, 0.05) is 0 Å². The molecule has 0 saturated carbocycles. The summed E-state index contributed by atoms with van der Waals surface area (Å²) in [6.07, 6.45) is 0.797. The van der Waals surface area contributed by atoms with E-state index in [1.165, 1.54) is 24.0 Å². The Labute approximate surface area is 194 Å². The average molecular weight is 492 g/mol. The van der Waals surface area contributed by atoms with Gasteiger partial charge in [0.1, 0.15) is 0 Å². The van der Waals surface area contributed by atoms with Crippen LogP contribution >= 0.6 is 0 Å². The molecule has 0 spiro atoms. The van der Waals surface area contributed by atoms with Gasteiger partial charge in [0.2, 0.25) is 0 Å². The van der Waals surface area contributed by atoms with E-state index in [1.54, 1.807) is 30.1 Å². The molecule has 0 N–H and O–H groups in total. The first-order valence-electron chi connectivity index (χ1n) is 10.3. The van der Waals surface area contributed by atoms with Crippen LogP contribution in [0.4, 0.5) is 4.39 Å². The number of carbonyl (C=O) groups excluding carboxylic acids is 1. The Morgan fingerprint density at radius 3 is 2.66 bits per heavy atom. The van der Waals surface area contributed by atoms with Crippen LogP contribution in [0, 0.1) is 5.82 Å². The van der Waals surface area contributed by atoms with Crippen molar-refractivity contribution in [2.24, 2.45) is 4.99 Å². The van der Waals surface area contributed by atoms with Gasteiger partial charge in [0.05, 0.1) is 0 Å². The minimum atomic E-state index is -1.22. The fourth-order valence-electron chi connectivity index (χ4n) is 4.40. The van der Waals surface area contributed by atoms with E-state index in [9.17, 15) is 9.18 Å². The monoisotopic (exact) mass is 492 g/mol. The Hall–Kier alpha value is -3.11. The fourth-order valence-corrected chi connectivity index (χ4v) is 5.05. The van der Waals surface area contributed by atoms with Crippen LogP contribution in [-0.4, -0.2) is 53.0 Å². The van der Waals surface area contributed by atoms with Gasteiger partial charge >= 0.3 is 194 Å². The van der Waals surface area contributed by atoms with Gasteiger partial charge in [-0.25, -0.2) is 0 Å². The van der Waals surface area contributed by atoms with Crippen LogP contribution in [0.1, 0.15) is 16.7 Å². The molecular formula is C25H22AsFN2O3. The van der Waals surface area contributed by atoms with E-state index in [0.717, 1.165) is 23.3 Å². The number of hydrogen-bond acceptors (Lipinski definition) is 4. The first-order chi connectivity index (χ1) is 15.5.